The lowest BCUT2D eigenvalue weighted by Gasteiger charge is -2.26. The van der Waals surface area contributed by atoms with E-state index in [1.165, 1.54) is 0 Å². The minimum atomic E-state index is 0.0768. The van der Waals surface area contributed by atoms with E-state index < -0.39 is 0 Å². The van der Waals surface area contributed by atoms with Crippen LogP contribution in [0, 0.1) is 0 Å². The van der Waals surface area contributed by atoms with E-state index in [2.05, 4.69) is 0 Å². The standard InChI is InChI=1S/C12H15NO2/c1-10(14)13-8-4-5-9-15-12-7-3-2-6-11(12)13/h2-3,6-7H,4-5,8-9H2,1H3. The molecule has 0 bridgehead atoms. The normalized spacial score (nSPS) is 15.9. The molecule has 80 valence electrons. The van der Waals surface area contributed by atoms with Crippen LogP contribution in [0.5, 0.6) is 5.75 Å². The largest absolute Gasteiger partial charge is 0.491 e. The Morgan fingerprint density at radius 1 is 1.33 bits per heavy atom. The van der Waals surface area contributed by atoms with Gasteiger partial charge in [0.25, 0.3) is 0 Å². The number of nitrogens with zero attached hydrogens (tertiary/aromatic N) is 1. The van der Waals surface area contributed by atoms with Crippen LogP contribution < -0.4 is 9.64 Å². The lowest BCUT2D eigenvalue weighted by molar-refractivity contribution is -0.116. The van der Waals surface area contributed by atoms with Crippen molar-refractivity contribution in [3.8, 4) is 5.75 Å². The molecule has 15 heavy (non-hydrogen) atoms. The molecule has 0 fully saturated rings. The van der Waals surface area contributed by atoms with Crippen LogP contribution in [0.25, 0.3) is 0 Å². The van der Waals surface area contributed by atoms with Crippen LogP contribution in [0.4, 0.5) is 5.69 Å². The molecule has 2 rings (SSSR count). The fourth-order valence-electron chi connectivity index (χ4n) is 1.80. The highest BCUT2D eigenvalue weighted by molar-refractivity contribution is 5.93. The van der Waals surface area contributed by atoms with Crippen molar-refractivity contribution in [1.82, 2.24) is 0 Å². The van der Waals surface area contributed by atoms with Gasteiger partial charge in [0.2, 0.25) is 5.91 Å². The van der Waals surface area contributed by atoms with E-state index in [4.69, 9.17) is 4.74 Å². The van der Waals surface area contributed by atoms with Crippen molar-refractivity contribution in [2.24, 2.45) is 0 Å². The monoisotopic (exact) mass is 205 g/mol. The van der Waals surface area contributed by atoms with Gasteiger partial charge in [-0.15, -0.1) is 0 Å². The second-order valence-electron chi connectivity index (χ2n) is 3.69. The van der Waals surface area contributed by atoms with Gasteiger partial charge in [0.05, 0.1) is 12.3 Å². The SMILES string of the molecule is CC(=O)N1CCCCOc2ccccc21. The summed E-state index contributed by atoms with van der Waals surface area (Å²) < 4.78 is 5.61. The van der Waals surface area contributed by atoms with Gasteiger partial charge in [0, 0.05) is 13.5 Å². The average molecular weight is 205 g/mol. The highest BCUT2D eigenvalue weighted by atomic mass is 16.5. The van der Waals surface area contributed by atoms with Crippen molar-refractivity contribution < 1.29 is 9.53 Å². The Bertz CT molecular complexity index is 362. The van der Waals surface area contributed by atoms with E-state index in [1.54, 1.807) is 11.8 Å². The van der Waals surface area contributed by atoms with Crippen LogP contribution in [0.3, 0.4) is 0 Å². The van der Waals surface area contributed by atoms with Crippen molar-refractivity contribution in [3.63, 3.8) is 0 Å². The van der Waals surface area contributed by atoms with Crippen molar-refractivity contribution in [2.75, 3.05) is 18.1 Å². The number of rotatable bonds is 0. The molecule has 0 saturated heterocycles. The second kappa shape index (κ2) is 4.34. The zero-order chi connectivity index (χ0) is 10.7. The van der Waals surface area contributed by atoms with Crippen molar-refractivity contribution in [1.29, 1.82) is 0 Å². The first-order chi connectivity index (χ1) is 7.29. The zero-order valence-electron chi connectivity index (χ0n) is 8.90. The fourth-order valence-corrected chi connectivity index (χ4v) is 1.80. The van der Waals surface area contributed by atoms with E-state index in [1.807, 2.05) is 24.3 Å². The summed E-state index contributed by atoms with van der Waals surface area (Å²) in [7, 11) is 0. The fraction of sp³-hybridized carbons (Fsp3) is 0.417. The Kier molecular flexibility index (Phi) is 2.90. The number of carbonyl (C=O) groups is 1. The predicted molar refractivity (Wildman–Crippen MR) is 59.2 cm³/mol. The van der Waals surface area contributed by atoms with E-state index in [-0.39, 0.29) is 5.91 Å². The molecule has 1 heterocycles. The number of anilines is 1. The van der Waals surface area contributed by atoms with Gasteiger partial charge in [-0.1, -0.05) is 12.1 Å². The molecule has 0 aromatic heterocycles. The van der Waals surface area contributed by atoms with Crippen LogP contribution in [0.15, 0.2) is 24.3 Å². The molecule has 1 aromatic rings. The van der Waals surface area contributed by atoms with Crippen molar-refractivity contribution in [3.05, 3.63) is 24.3 Å². The number of benzene rings is 1. The molecule has 1 aliphatic heterocycles. The number of fused-ring (bicyclic) bond motifs is 1. The first kappa shape index (κ1) is 10.0. The topological polar surface area (TPSA) is 29.5 Å². The molecule has 1 aromatic carbocycles. The lowest BCUT2D eigenvalue weighted by Crippen LogP contribution is -2.31. The smallest absolute Gasteiger partial charge is 0.223 e. The van der Waals surface area contributed by atoms with Crippen molar-refractivity contribution in [2.45, 2.75) is 19.8 Å². The third kappa shape index (κ3) is 2.12. The number of ether oxygens (including phenoxy) is 1. The molecule has 0 spiro atoms. The van der Waals surface area contributed by atoms with E-state index in [0.29, 0.717) is 0 Å². The summed E-state index contributed by atoms with van der Waals surface area (Å²) in [5.41, 5.74) is 0.893. The molecule has 3 heteroatoms. The number of amides is 1. The van der Waals surface area contributed by atoms with Crippen molar-refractivity contribution >= 4 is 11.6 Å². The van der Waals surface area contributed by atoms with E-state index in [0.717, 1.165) is 37.4 Å². The van der Waals surface area contributed by atoms with E-state index >= 15 is 0 Å². The second-order valence-corrected chi connectivity index (χ2v) is 3.69. The molecule has 0 saturated carbocycles. The van der Waals surface area contributed by atoms with Gasteiger partial charge in [-0.25, -0.2) is 0 Å². The zero-order valence-corrected chi connectivity index (χ0v) is 8.90. The minimum Gasteiger partial charge on any atom is -0.491 e. The van der Waals surface area contributed by atoms with Crippen LogP contribution in [-0.4, -0.2) is 19.1 Å². The molecule has 0 aliphatic carbocycles. The maximum absolute atomic E-state index is 11.5. The first-order valence-corrected chi connectivity index (χ1v) is 5.29. The third-order valence-electron chi connectivity index (χ3n) is 2.57. The summed E-state index contributed by atoms with van der Waals surface area (Å²) in [5, 5.41) is 0. The van der Waals surface area contributed by atoms with Crippen LogP contribution in [-0.2, 0) is 4.79 Å². The van der Waals surface area contributed by atoms with Gasteiger partial charge in [0.15, 0.2) is 0 Å². The van der Waals surface area contributed by atoms with E-state index in [9.17, 15) is 4.79 Å². The summed E-state index contributed by atoms with van der Waals surface area (Å²) >= 11 is 0. The molecule has 1 aliphatic rings. The Morgan fingerprint density at radius 3 is 2.93 bits per heavy atom. The minimum absolute atomic E-state index is 0.0768. The summed E-state index contributed by atoms with van der Waals surface area (Å²) in [5.74, 6) is 0.889. The highest BCUT2D eigenvalue weighted by Gasteiger charge is 2.17. The maximum Gasteiger partial charge on any atom is 0.223 e. The van der Waals surface area contributed by atoms with Crippen LogP contribution in [0.2, 0.25) is 0 Å². The number of hydrogen-bond donors (Lipinski definition) is 0. The third-order valence-corrected chi connectivity index (χ3v) is 2.57. The molecule has 3 nitrogen and oxygen atoms in total. The van der Waals surface area contributed by atoms with Gasteiger partial charge in [0.1, 0.15) is 5.75 Å². The van der Waals surface area contributed by atoms with Gasteiger partial charge in [-0.05, 0) is 25.0 Å². The summed E-state index contributed by atoms with van der Waals surface area (Å²) in [4.78, 5) is 13.3. The summed E-state index contributed by atoms with van der Waals surface area (Å²) in [6.07, 6.45) is 1.99. The lowest BCUT2D eigenvalue weighted by atomic mass is 10.2. The number of carbonyl (C=O) groups excluding carboxylic acids is 1. The molecular formula is C12H15NO2. The molecular weight excluding hydrogens is 190 g/mol. The predicted octanol–water partition coefficient (Wildman–Crippen LogP) is 2.21. The Morgan fingerprint density at radius 2 is 2.13 bits per heavy atom. The number of hydrogen-bond acceptors (Lipinski definition) is 2. The molecule has 0 N–H and O–H groups in total. The highest BCUT2D eigenvalue weighted by Crippen LogP contribution is 2.29. The van der Waals surface area contributed by atoms with Gasteiger partial charge in [-0.2, -0.15) is 0 Å². The van der Waals surface area contributed by atoms with Gasteiger partial charge in [-0.3, -0.25) is 4.79 Å². The molecule has 1 amide bonds. The first-order valence-electron chi connectivity index (χ1n) is 5.29. The molecule has 0 radical (unpaired) electrons. The van der Waals surface area contributed by atoms with Crippen LogP contribution in [0.1, 0.15) is 19.8 Å². The van der Waals surface area contributed by atoms with Gasteiger partial charge >= 0.3 is 0 Å². The Hall–Kier alpha value is -1.51. The number of para-hydroxylation sites is 2. The summed E-state index contributed by atoms with van der Waals surface area (Å²) in [6, 6.07) is 7.71. The van der Waals surface area contributed by atoms with Gasteiger partial charge < -0.3 is 9.64 Å². The molecule has 0 atom stereocenters. The average Bonchev–Trinajstić information content (AvgIpc) is 2.18. The maximum atomic E-state index is 11.5. The quantitative estimate of drug-likeness (QED) is 0.650. The molecule has 0 unspecified atom stereocenters. The Balaban J connectivity index is 2.38. The summed E-state index contributed by atoms with van der Waals surface area (Å²) in [6.45, 7) is 3.12. The van der Waals surface area contributed by atoms with Crippen LogP contribution >= 0.6 is 0 Å². The Labute approximate surface area is 89.7 Å².